The molecule has 1 heterocycles. The normalized spacial score (nSPS) is 10.9. The molecule has 0 bridgehead atoms. The number of nitrogens with zero attached hydrogens (tertiary/aromatic N) is 2. The molecule has 18 heavy (non-hydrogen) atoms. The Labute approximate surface area is 109 Å². The molecule has 0 radical (unpaired) electrons. The molecule has 0 saturated heterocycles. The van der Waals surface area contributed by atoms with Crippen molar-refractivity contribution in [3.63, 3.8) is 0 Å². The SMILES string of the molecule is CCc1ccccc1NCc1cnn(C(C)C)c1. The highest BCUT2D eigenvalue weighted by Crippen LogP contribution is 2.16. The highest BCUT2D eigenvalue weighted by atomic mass is 15.3. The van der Waals surface area contributed by atoms with Gasteiger partial charge in [0.1, 0.15) is 0 Å². The van der Waals surface area contributed by atoms with Gasteiger partial charge in [-0.3, -0.25) is 4.68 Å². The molecule has 2 aromatic rings. The Balaban J connectivity index is 2.02. The van der Waals surface area contributed by atoms with Gasteiger partial charge in [0.25, 0.3) is 0 Å². The molecule has 1 N–H and O–H groups in total. The molecule has 0 aliphatic carbocycles. The van der Waals surface area contributed by atoms with E-state index in [1.165, 1.54) is 16.8 Å². The summed E-state index contributed by atoms with van der Waals surface area (Å²) in [5.41, 5.74) is 3.79. The Bertz CT molecular complexity index is 500. The molecule has 96 valence electrons. The topological polar surface area (TPSA) is 29.9 Å². The van der Waals surface area contributed by atoms with Crippen LogP contribution in [0.4, 0.5) is 5.69 Å². The van der Waals surface area contributed by atoms with Crippen LogP contribution in [-0.4, -0.2) is 9.78 Å². The van der Waals surface area contributed by atoms with Crippen molar-refractivity contribution in [3.8, 4) is 0 Å². The van der Waals surface area contributed by atoms with Crippen LogP contribution < -0.4 is 5.32 Å². The predicted molar refractivity (Wildman–Crippen MR) is 75.8 cm³/mol. The first-order valence-corrected chi connectivity index (χ1v) is 6.55. The molecule has 0 fully saturated rings. The number of aromatic nitrogens is 2. The maximum absolute atomic E-state index is 4.35. The lowest BCUT2D eigenvalue weighted by Gasteiger charge is -2.09. The maximum atomic E-state index is 4.35. The van der Waals surface area contributed by atoms with E-state index in [1.807, 2.05) is 10.9 Å². The molecule has 2 rings (SSSR count). The Hall–Kier alpha value is -1.77. The molecule has 3 heteroatoms. The third kappa shape index (κ3) is 2.92. The lowest BCUT2D eigenvalue weighted by molar-refractivity contribution is 0.532. The molecule has 0 amide bonds. The standard InChI is InChI=1S/C15H21N3/c1-4-14-7-5-6-8-15(14)16-9-13-10-17-18(11-13)12(2)3/h5-8,10-12,16H,4,9H2,1-3H3. The zero-order valence-corrected chi connectivity index (χ0v) is 11.4. The number of hydrogen-bond acceptors (Lipinski definition) is 2. The van der Waals surface area contributed by atoms with Gasteiger partial charge in [0, 0.05) is 30.0 Å². The van der Waals surface area contributed by atoms with Gasteiger partial charge in [-0.1, -0.05) is 25.1 Å². The fraction of sp³-hybridized carbons (Fsp3) is 0.400. The highest BCUT2D eigenvalue weighted by Gasteiger charge is 2.03. The third-order valence-corrected chi connectivity index (χ3v) is 3.07. The van der Waals surface area contributed by atoms with E-state index < -0.39 is 0 Å². The summed E-state index contributed by atoms with van der Waals surface area (Å²) < 4.78 is 1.99. The van der Waals surface area contributed by atoms with Gasteiger partial charge in [0.2, 0.25) is 0 Å². The van der Waals surface area contributed by atoms with Gasteiger partial charge < -0.3 is 5.32 Å². The first-order chi connectivity index (χ1) is 8.70. The average molecular weight is 243 g/mol. The molecule has 1 aromatic heterocycles. The van der Waals surface area contributed by atoms with Crippen molar-refractivity contribution in [2.24, 2.45) is 0 Å². The zero-order valence-electron chi connectivity index (χ0n) is 11.4. The van der Waals surface area contributed by atoms with E-state index in [0.717, 1.165) is 13.0 Å². The predicted octanol–water partition coefficient (Wildman–Crippen LogP) is 3.64. The summed E-state index contributed by atoms with van der Waals surface area (Å²) in [5.74, 6) is 0. The van der Waals surface area contributed by atoms with Crippen LogP contribution in [0.25, 0.3) is 0 Å². The number of anilines is 1. The largest absolute Gasteiger partial charge is 0.381 e. The van der Waals surface area contributed by atoms with Crippen LogP contribution in [0.5, 0.6) is 0 Å². The molecule has 0 atom stereocenters. The Kier molecular flexibility index (Phi) is 4.03. The summed E-state index contributed by atoms with van der Waals surface area (Å²) in [5, 5.41) is 7.83. The van der Waals surface area contributed by atoms with Crippen molar-refractivity contribution in [1.29, 1.82) is 0 Å². The Morgan fingerprint density at radius 1 is 1.28 bits per heavy atom. The fourth-order valence-corrected chi connectivity index (χ4v) is 1.95. The van der Waals surface area contributed by atoms with Crippen LogP contribution >= 0.6 is 0 Å². The van der Waals surface area contributed by atoms with Crippen molar-refractivity contribution in [2.45, 2.75) is 39.8 Å². The minimum absolute atomic E-state index is 0.418. The Morgan fingerprint density at radius 3 is 2.72 bits per heavy atom. The number of nitrogens with one attached hydrogen (secondary N) is 1. The number of para-hydroxylation sites is 1. The number of aryl methyl sites for hydroxylation is 1. The van der Waals surface area contributed by atoms with Crippen LogP contribution in [0.1, 0.15) is 37.9 Å². The van der Waals surface area contributed by atoms with E-state index in [0.29, 0.717) is 6.04 Å². The summed E-state index contributed by atoms with van der Waals surface area (Å²) in [6, 6.07) is 8.87. The average Bonchev–Trinajstić information content (AvgIpc) is 2.85. The monoisotopic (exact) mass is 243 g/mol. The van der Waals surface area contributed by atoms with Gasteiger partial charge in [-0.25, -0.2) is 0 Å². The van der Waals surface area contributed by atoms with Gasteiger partial charge in [-0.05, 0) is 31.9 Å². The van der Waals surface area contributed by atoms with Gasteiger partial charge in [0.15, 0.2) is 0 Å². The summed E-state index contributed by atoms with van der Waals surface area (Å²) >= 11 is 0. The molecule has 0 aliphatic rings. The van der Waals surface area contributed by atoms with Crippen LogP contribution in [0.15, 0.2) is 36.7 Å². The van der Waals surface area contributed by atoms with Crippen molar-refractivity contribution in [2.75, 3.05) is 5.32 Å². The smallest absolute Gasteiger partial charge is 0.0539 e. The first-order valence-electron chi connectivity index (χ1n) is 6.55. The lowest BCUT2D eigenvalue weighted by atomic mass is 10.1. The summed E-state index contributed by atoms with van der Waals surface area (Å²) in [6.07, 6.45) is 5.09. The van der Waals surface area contributed by atoms with Gasteiger partial charge in [-0.15, -0.1) is 0 Å². The fourth-order valence-electron chi connectivity index (χ4n) is 1.95. The van der Waals surface area contributed by atoms with Gasteiger partial charge in [0.05, 0.1) is 6.20 Å². The van der Waals surface area contributed by atoms with Crippen molar-refractivity contribution in [3.05, 3.63) is 47.8 Å². The van der Waals surface area contributed by atoms with E-state index in [9.17, 15) is 0 Å². The van der Waals surface area contributed by atoms with Crippen LogP contribution in [0.3, 0.4) is 0 Å². The van der Waals surface area contributed by atoms with E-state index >= 15 is 0 Å². The second kappa shape index (κ2) is 5.71. The summed E-state index contributed by atoms with van der Waals surface area (Å²) in [4.78, 5) is 0. The minimum Gasteiger partial charge on any atom is -0.381 e. The summed E-state index contributed by atoms with van der Waals surface area (Å²) in [7, 11) is 0. The second-order valence-electron chi connectivity index (χ2n) is 4.79. The molecule has 0 saturated carbocycles. The number of rotatable bonds is 5. The van der Waals surface area contributed by atoms with Gasteiger partial charge >= 0.3 is 0 Å². The molecule has 0 unspecified atom stereocenters. The quantitative estimate of drug-likeness (QED) is 0.869. The number of benzene rings is 1. The highest BCUT2D eigenvalue weighted by molar-refractivity contribution is 5.51. The first kappa shape index (κ1) is 12.7. The van der Waals surface area contributed by atoms with E-state index in [1.54, 1.807) is 0 Å². The molecule has 1 aromatic carbocycles. The van der Waals surface area contributed by atoms with Crippen molar-refractivity contribution < 1.29 is 0 Å². The molecule has 0 spiro atoms. The van der Waals surface area contributed by atoms with Crippen molar-refractivity contribution >= 4 is 5.69 Å². The van der Waals surface area contributed by atoms with E-state index in [4.69, 9.17) is 0 Å². The van der Waals surface area contributed by atoms with Crippen LogP contribution in [0.2, 0.25) is 0 Å². The van der Waals surface area contributed by atoms with Crippen LogP contribution in [0, 0.1) is 0 Å². The zero-order chi connectivity index (χ0) is 13.0. The van der Waals surface area contributed by atoms with Crippen molar-refractivity contribution in [1.82, 2.24) is 9.78 Å². The second-order valence-corrected chi connectivity index (χ2v) is 4.79. The lowest BCUT2D eigenvalue weighted by Crippen LogP contribution is -2.02. The van der Waals surface area contributed by atoms with Crippen LogP contribution in [-0.2, 0) is 13.0 Å². The van der Waals surface area contributed by atoms with E-state index in [-0.39, 0.29) is 0 Å². The molecule has 0 aliphatic heterocycles. The summed E-state index contributed by atoms with van der Waals surface area (Å²) in [6.45, 7) is 7.27. The third-order valence-electron chi connectivity index (χ3n) is 3.07. The van der Waals surface area contributed by atoms with E-state index in [2.05, 4.69) is 61.6 Å². The minimum atomic E-state index is 0.418. The molecular weight excluding hydrogens is 222 g/mol. The maximum Gasteiger partial charge on any atom is 0.0539 e. The molecule has 3 nitrogen and oxygen atoms in total. The van der Waals surface area contributed by atoms with Gasteiger partial charge in [-0.2, -0.15) is 5.10 Å². The molecular formula is C15H21N3. The Morgan fingerprint density at radius 2 is 2.06 bits per heavy atom. The number of hydrogen-bond donors (Lipinski definition) is 1.